The second-order valence-electron chi connectivity index (χ2n) is 5.76. The van der Waals surface area contributed by atoms with Gasteiger partial charge >= 0.3 is 0 Å². The molecular formula is C19H22O2. The van der Waals surface area contributed by atoms with E-state index >= 15 is 0 Å². The van der Waals surface area contributed by atoms with E-state index in [1.54, 1.807) is 0 Å². The molecule has 2 aromatic rings. The molecule has 0 saturated carbocycles. The molecule has 0 unspecified atom stereocenters. The lowest BCUT2D eigenvalue weighted by Crippen LogP contribution is -2.33. The molecule has 1 heterocycles. The van der Waals surface area contributed by atoms with Crippen LogP contribution >= 0.6 is 0 Å². The van der Waals surface area contributed by atoms with E-state index in [0.717, 1.165) is 25.7 Å². The van der Waals surface area contributed by atoms with Crippen molar-refractivity contribution >= 4 is 0 Å². The Hall–Kier alpha value is -1.64. The molecule has 2 heteroatoms. The number of aryl methyl sites for hydroxylation is 2. The Morgan fingerprint density at radius 2 is 1.29 bits per heavy atom. The smallest absolute Gasteiger partial charge is 0.147 e. The highest BCUT2D eigenvalue weighted by Crippen LogP contribution is 2.29. The van der Waals surface area contributed by atoms with Crippen LogP contribution in [0.4, 0.5) is 0 Å². The predicted octanol–water partition coefficient (Wildman–Crippen LogP) is 4.00. The fraction of sp³-hybridized carbons (Fsp3) is 0.368. The van der Waals surface area contributed by atoms with Crippen molar-refractivity contribution in [2.45, 2.75) is 31.3 Å². The molecule has 1 aliphatic heterocycles. The maximum Gasteiger partial charge on any atom is 0.147 e. The van der Waals surface area contributed by atoms with Gasteiger partial charge in [0.25, 0.3) is 0 Å². The minimum absolute atomic E-state index is 0.119. The molecule has 0 bridgehead atoms. The minimum atomic E-state index is -0.119. The van der Waals surface area contributed by atoms with Crippen LogP contribution in [0.3, 0.4) is 0 Å². The van der Waals surface area contributed by atoms with Crippen molar-refractivity contribution in [1.29, 1.82) is 0 Å². The van der Waals surface area contributed by atoms with Crippen molar-refractivity contribution in [3.8, 4) is 0 Å². The van der Waals surface area contributed by atoms with E-state index in [1.807, 2.05) is 0 Å². The fourth-order valence-electron chi connectivity index (χ4n) is 2.88. The average Bonchev–Trinajstić information content (AvgIpc) is 3.03. The van der Waals surface area contributed by atoms with Gasteiger partial charge in [-0.3, -0.25) is 0 Å². The monoisotopic (exact) mass is 282 g/mol. The molecule has 0 spiro atoms. The van der Waals surface area contributed by atoms with E-state index in [1.165, 1.54) is 11.1 Å². The van der Waals surface area contributed by atoms with Gasteiger partial charge in [0.05, 0.1) is 12.2 Å². The summed E-state index contributed by atoms with van der Waals surface area (Å²) in [5.41, 5.74) is 2.62. The zero-order valence-corrected chi connectivity index (χ0v) is 12.3. The summed E-state index contributed by atoms with van der Waals surface area (Å²) in [6.45, 7) is 1.15. The largest absolute Gasteiger partial charge is 0.352 e. The topological polar surface area (TPSA) is 18.5 Å². The first-order valence-corrected chi connectivity index (χ1v) is 7.66. The van der Waals surface area contributed by atoms with Crippen LogP contribution in [-0.4, -0.2) is 19.0 Å². The van der Waals surface area contributed by atoms with Gasteiger partial charge in [0, 0.05) is 0 Å². The van der Waals surface area contributed by atoms with Crippen LogP contribution in [0.5, 0.6) is 0 Å². The molecule has 2 aromatic carbocycles. The number of ether oxygens (including phenoxy) is 2. The lowest BCUT2D eigenvalue weighted by Gasteiger charge is -2.26. The van der Waals surface area contributed by atoms with Gasteiger partial charge < -0.3 is 9.47 Å². The fourth-order valence-corrected chi connectivity index (χ4v) is 2.88. The number of benzene rings is 2. The van der Waals surface area contributed by atoms with Crippen LogP contribution in [0.15, 0.2) is 60.7 Å². The van der Waals surface area contributed by atoms with Gasteiger partial charge in [0.2, 0.25) is 0 Å². The van der Waals surface area contributed by atoms with Crippen molar-refractivity contribution in [2.75, 3.05) is 13.4 Å². The second kappa shape index (κ2) is 6.88. The molecule has 0 atom stereocenters. The summed E-state index contributed by atoms with van der Waals surface area (Å²) < 4.78 is 11.5. The summed E-state index contributed by atoms with van der Waals surface area (Å²) in [5, 5.41) is 0. The van der Waals surface area contributed by atoms with E-state index in [4.69, 9.17) is 9.47 Å². The van der Waals surface area contributed by atoms with Crippen molar-refractivity contribution in [2.24, 2.45) is 0 Å². The molecule has 0 aromatic heterocycles. The van der Waals surface area contributed by atoms with Crippen molar-refractivity contribution in [3.63, 3.8) is 0 Å². The molecule has 1 saturated heterocycles. The Balaban J connectivity index is 1.60. The summed E-state index contributed by atoms with van der Waals surface area (Å²) in [6, 6.07) is 21.2. The van der Waals surface area contributed by atoms with Gasteiger partial charge in [-0.05, 0) is 36.8 Å². The Kier molecular flexibility index (Phi) is 4.69. The van der Waals surface area contributed by atoms with E-state index in [-0.39, 0.29) is 5.60 Å². The van der Waals surface area contributed by atoms with E-state index in [2.05, 4.69) is 60.7 Å². The van der Waals surface area contributed by atoms with Crippen molar-refractivity contribution in [3.05, 3.63) is 71.8 Å². The summed E-state index contributed by atoms with van der Waals surface area (Å²) in [7, 11) is 0. The third kappa shape index (κ3) is 3.93. The van der Waals surface area contributed by atoms with Crippen LogP contribution in [0.1, 0.15) is 24.0 Å². The van der Waals surface area contributed by atoms with Crippen molar-refractivity contribution < 1.29 is 9.47 Å². The average molecular weight is 282 g/mol. The molecule has 1 aliphatic rings. The van der Waals surface area contributed by atoms with Crippen LogP contribution in [0.2, 0.25) is 0 Å². The van der Waals surface area contributed by atoms with E-state index in [0.29, 0.717) is 13.4 Å². The zero-order chi connectivity index (χ0) is 14.4. The van der Waals surface area contributed by atoms with Gasteiger partial charge in [0.1, 0.15) is 6.79 Å². The Morgan fingerprint density at radius 1 is 0.762 bits per heavy atom. The normalized spacial score (nSPS) is 17.0. The number of rotatable bonds is 6. The first-order valence-electron chi connectivity index (χ1n) is 7.66. The third-order valence-electron chi connectivity index (χ3n) is 4.24. The van der Waals surface area contributed by atoms with Crippen LogP contribution in [-0.2, 0) is 22.3 Å². The lowest BCUT2D eigenvalue weighted by molar-refractivity contribution is -0.0179. The Morgan fingerprint density at radius 3 is 1.71 bits per heavy atom. The van der Waals surface area contributed by atoms with Crippen LogP contribution in [0, 0.1) is 0 Å². The molecule has 110 valence electrons. The first-order chi connectivity index (χ1) is 10.4. The molecule has 0 radical (unpaired) electrons. The standard InChI is InChI=1S/C19H22O2/c1-3-7-17(8-4-1)11-13-19(15-20-16-21-19)14-12-18-9-5-2-6-10-18/h1-10H,11-16H2. The Labute approximate surface area is 126 Å². The van der Waals surface area contributed by atoms with Gasteiger partial charge in [-0.25, -0.2) is 0 Å². The zero-order valence-electron chi connectivity index (χ0n) is 12.3. The summed E-state index contributed by atoms with van der Waals surface area (Å²) in [6.07, 6.45) is 4.12. The van der Waals surface area contributed by atoms with Gasteiger partial charge in [-0.15, -0.1) is 0 Å². The van der Waals surface area contributed by atoms with Crippen LogP contribution in [0.25, 0.3) is 0 Å². The molecule has 21 heavy (non-hydrogen) atoms. The van der Waals surface area contributed by atoms with E-state index in [9.17, 15) is 0 Å². The molecule has 3 rings (SSSR count). The predicted molar refractivity (Wildman–Crippen MR) is 84.2 cm³/mol. The van der Waals surface area contributed by atoms with Gasteiger partial charge in [0.15, 0.2) is 0 Å². The molecule has 0 N–H and O–H groups in total. The third-order valence-corrected chi connectivity index (χ3v) is 4.24. The first kappa shape index (κ1) is 14.3. The minimum Gasteiger partial charge on any atom is -0.352 e. The molecule has 2 nitrogen and oxygen atoms in total. The number of hydrogen-bond donors (Lipinski definition) is 0. The second-order valence-corrected chi connectivity index (χ2v) is 5.76. The van der Waals surface area contributed by atoms with Gasteiger partial charge in [-0.2, -0.15) is 0 Å². The van der Waals surface area contributed by atoms with Gasteiger partial charge in [-0.1, -0.05) is 60.7 Å². The summed E-state index contributed by atoms with van der Waals surface area (Å²) in [5.74, 6) is 0. The summed E-state index contributed by atoms with van der Waals surface area (Å²) >= 11 is 0. The van der Waals surface area contributed by atoms with Crippen LogP contribution < -0.4 is 0 Å². The van der Waals surface area contributed by atoms with E-state index < -0.39 is 0 Å². The highest BCUT2D eigenvalue weighted by molar-refractivity contribution is 5.17. The number of hydrogen-bond acceptors (Lipinski definition) is 2. The Bertz CT molecular complexity index is 485. The molecule has 1 fully saturated rings. The lowest BCUT2D eigenvalue weighted by atomic mass is 9.89. The quantitative estimate of drug-likeness (QED) is 0.797. The molecule has 0 amide bonds. The van der Waals surface area contributed by atoms with Crippen molar-refractivity contribution in [1.82, 2.24) is 0 Å². The highest BCUT2D eigenvalue weighted by atomic mass is 16.7. The molecule has 0 aliphatic carbocycles. The SMILES string of the molecule is c1ccc(CCC2(CCc3ccccc3)COCO2)cc1. The maximum atomic E-state index is 5.96. The summed E-state index contributed by atoms with van der Waals surface area (Å²) in [4.78, 5) is 0. The maximum absolute atomic E-state index is 5.96. The highest BCUT2D eigenvalue weighted by Gasteiger charge is 2.35. The molecular weight excluding hydrogens is 260 g/mol.